The lowest BCUT2D eigenvalue weighted by atomic mass is 10.1. The van der Waals surface area contributed by atoms with Crippen LogP contribution in [0.15, 0.2) is 48.0 Å². The van der Waals surface area contributed by atoms with Crippen LogP contribution in [0.3, 0.4) is 0 Å². The Labute approximate surface area is 161 Å². The van der Waals surface area contributed by atoms with E-state index in [1.54, 1.807) is 37.3 Å². The van der Waals surface area contributed by atoms with Crippen LogP contribution in [-0.2, 0) is 16.1 Å². The molecule has 0 aliphatic rings. The van der Waals surface area contributed by atoms with Crippen LogP contribution in [-0.4, -0.2) is 24.6 Å². The van der Waals surface area contributed by atoms with Gasteiger partial charge in [-0.3, -0.25) is 10.1 Å². The molecule has 0 unspecified atom stereocenters. The zero-order chi connectivity index (χ0) is 20.5. The van der Waals surface area contributed by atoms with Gasteiger partial charge in [-0.1, -0.05) is 12.1 Å². The monoisotopic (exact) mass is 382 g/mol. The summed E-state index contributed by atoms with van der Waals surface area (Å²) in [5.41, 5.74) is 0.983. The molecule has 0 aliphatic carbocycles. The number of rotatable bonds is 8. The van der Waals surface area contributed by atoms with Gasteiger partial charge in [-0.05, 0) is 36.8 Å². The van der Waals surface area contributed by atoms with Gasteiger partial charge < -0.3 is 14.2 Å². The molecule has 0 aromatic heterocycles. The highest BCUT2D eigenvalue weighted by Crippen LogP contribution is 2.33. The summed E-state index contributed by atoms with van der Waals surface area (Å²) >= 11 is 0. The molecule has 0 bridgehead atoms. The first-order chi connectivity index (χ1) is 13.5. The van der Waals surface area contributed by atoms with Crippen LogP contribution >= 0.6 is 0 Å². The van der Waals surface area contributed by atoms with Gasteiger partial charge in [0, 0.05) is 17.7 Å². The first-order valence-corrected chi connectivity index (χ1v) is 8.32. The fraction of sp³-hybridized carbons (Fsp3) is 0.200. The van der Waals surface area contributed by atoms with Crippen molar-refractivity contribution in [3.63, 3.8) is 0 Å². The standard InChI is InChI=1S/C20H18N2O6/c1-3-27-20(23)16(12-21)11-15-5-4-6-18(26-2)19(15)28-13-14-7-9-17(10-8-14)22(24)25/h4-11H,3,13H2,1-2H3/b16-11-. The molecular weight excluding hydrogens is 364 g/mol. The third kappa shape index (κ3) is 5.08. The summed E-state index contributed by atoms with van der Waals surface area (Å²) in [6.45, 7) is 1.91. The number of carbonyl (C=O) groups excluding carboxylic acids is 1. The van der Waals surface area contributed by atoms with E-state index in [2.05, 4.69) is 0 Å². The second-order valence-electron chi connectivity index (χ2n) is 5.48. The first-order valence-electron chi connectivity index (χ1n) is 8.32. The number of hydrogen-bond acceptors (Lipinski definition) is 7. The fourth-order valence-electron chi connectivity index (χ4n) is 2.33. The van der Waals surface area contributed by atoms with Gasteiger partial charge in [0.15, 0.2) is 11.5 Å². The number of nitriles is 1. The summed E-state index contributed by atoms with van der Waals surface area (Å²) in [7, 11) is 1.47. The van der Waals surface area contributed by atoms with Crippen LogP contribution in [0.4, 0.5) is 5.69 Å². The minimum absolute atomic E-state index is 0.0160. The summed E-state index contributed by atoms with van der Waals surface area (Å²) in [5.74, 6) is 0.0198. The number of para-hydroxylation sites is 1. The normalized spacial score (nSPS) is 10.7. The Balaban J connectivity index is 2.31. The molecule has 0 saturated heterocycles. The Kier molecular flexibility index (Phi) is 7.11. The average molecular weight is 382 g/mol. The highest BCUT2D eigenvalue weighted by atomic mass is 16.6. The summed E-state index contributed by atoms with van der Waals surface area (Å²) in [6, 6.07) is 12.8. The number of nitro groups is 1. The van der Waals surface area contributed by atoms with E-state index < -0.39 is 10.9 Å². The number of carbonyl (C=O) groups is 1. The van der Waals surface area contributed by atoms with Crippen LogP contribution in [0, 0.1) is 21.4 Å². The van der Waals surface area contributed by atoms with Crippen LogP contribution in [0.5, 0.6) is 11.5 Å². The second-order valence-corrected chi connectivity index (χ2v) is 5.48. The van der Waals surface area contributed by atoms with Crippen LogP contribution in [0.25, 0.3) is 6.08 Å². The Hall–Kier alpha value is -3.86. The molecule has 2 aromatic rings. The summed E-state index contributed by atoms with van der Waals surface area (Å²) in [4.78, 5) is 22.1. The molecule has 8 nitrogen and oxygen atoms in total. The number of non-ortho nitro benzene ring substituents is 1. The lowest BCUT2D eigenvalue weighted by Gasteiger charge is -2.14. The summed E-state index contributed by atoms with van der Waals surface area (Å²) in [5, 5.41) is 20.0. The number of ether oxygens (including phenoxy) is 3. The van der Waals surface area contributed by atoms with Crippen molar-refractivity contribution in [3.8, 4) is 17.6 Å². The van der Waals surface area contributed by atoms with Crippen molar-refractivity contribution in [2.75, 3.05) is 13.7 Å². The van der Waals surface area contributed by atoms with Crippen molar-refractivity contribution in [1.82, 2.24) is 0 Å². The molecule has 0 heterocycles. The molecule has 28 heavy (non-hydrogen) atoms. The Morgan fingerprint density at radius 3 is 2.54 bits per heavy atom. The van der Waals surface area contributed by atoms with Gasteiger partial charge in [0.05, 0.1) is 18.6 Å². The molecule has 2 rings (SSSR count). The lowest BCUT2D eigenvalue weighted by molar-refractivity contribution is -0.384. The number of methoxy groups -OCH3 is 1. The van der Waals surface area contributed by atoms with Crippen molar-refractivity contribution in [1.29, 1.82) is 5.26 Å². The SMILES string of the molecule is CCOC(=O)/C(C#N)=C\c1cccc(OC)c1OCc1ccc([N+](=O)[O-])cc1. The van der Waals surface area contributed by atoms with Gasteiger partial charge in [-0.2, -0.15) is 5.26 Å². The Morgan fingerprint density at radius 1 is 1.25 bits per heavy atom. The summed E-state index contributed by atoms with van der Waals surface area (Å²) in [6.07, 6.45) is 1.37. The van der Waals surface area contributed by atoms with E-state index in [0.29, 0.717) is 22.6 Å². The van der Waals surface area contributed by atoms with Crippen molar-refractivity contribution in [2.24, 2.45) is 0 Å². The zero-order valence-electron chi connectivity index (χ0n) is 15.4. The van der Waals surface area contributed by atoms with Gasteiger partial charge >= 0.3 is 5.97 Å². The van der Waals surface area contributed by atoms with Gasteiger partial charge in [0.2, 0.25) is 0 Å². The van der Waals surface area contributed by atoms with Gasteiger partial charge in [-0.15, -0.1) is 0 Å². The quantitative estimate of drug-likeness (QED) is 0.225. The maximum Gasteiger partial charge on any atom is 0.348 e. The third-order valence-corrected chi connectivity index (χ3v) is 3.68. The minimum atomic E-state index is -0.728. The molecular formula is C20H18N2O6. The first kappa shape index (κ1) is 20.5. The average Bonchev–Trinajstić information content (AvgIpc) is 2.70. The maximum atomic E-state index is 11.9. The lowest BCUT2D eigenvalue weighted by Crippen LogP contribution is -2.06. The third-order valence-electron chi connectivity index (χ3n) is 3.68. The highest BCUT2D eigenvalue weighted by Gasteiger charge is 2.15. The number of benzene rings is 2. The molecule has 2 aromatic carbocycles. The number of hydrogen-bond donors (Lipinski definition) is 0. The Morgan fingerprint density at radius 2 is 1.96 bits per heavy atom. The molecule has 0 radical (unpaired) electrons. The highest BCUT2D eigenvalue weighted by molar-refractivity contribution is 5.98. The smallest absolute Gasteiger partial charge is 0.348 e. The number of nitrogens with zero attached hydrogens (tertiary/aromatic N) is 2. The van der Waals surface area contributed by atoms with Crippen molar-refractivity contribution < 1.29 is 23.9 Å². The van der Waals surface area contributed by atoms with E-state index in [9.17, 15) is 20.2 Å². The molecule has 0 amide bonds. The molecule has 0 saturated carbocycles. The predicted octanol–water partition coefficient (Wildman–Crippen LogP) is 3.65. The molecule has 0 atom stereocenters. The summed E-state index contributed by atoms with van der Waals surface area (Å²) < 4.78 is 16.0. The van der Waals surface area contributed by atoms with E-state index >= 15 is 0 Å². The predicted molar refractivity (Wildman–Crippen MR) is 101 cm³/mol. The van der Waals surface area contributed by atoms with Crippen molar-refractivity contribution in [3.05, 3.63) is 69.3 Å². The zero-order valence-corrected chi connectivity index (χ0v) is 15.4. The van der Waals surface area contributed by atoms with E-state index in [0.717, 1.165) is 0 Å². The van der Waals surface area contributed by atoms with Crippen LogP contribution in [0.2, 0.25) is 0 Å². The molecule has 0 N–H and O–H groups in total. The number of esters is 1. The van der Waals surface area contributed by atoms with E-state index in [-0.39, 0.29) is 24.5 Å². The molecule has 8 heteroatoms. The second kappa shape index (κ2) is 9.73. The molecule has 0 fully saturated rings. The van der Waals surface area contributed by atoms with Gasteiger partial charge in [-0.25, -0.2) is 4.79 Å². The fourth-order valence-corrected chi connectivity index (χ4v) is 2.33. The van der Waals surface area contributed by atoms with Crippen LogP contribution < -0.4 is 9.47 Å². The van der Waals surface area contributed by atoms with Gasteiger partial charge in [0.1, 0.15) is 18.2 Å². The van der Waals surface area contributed by atoms with E-state index in [1.807, 2.05) is 6.07 Å². The molecule has 0 aliphatic heterocycles. The van der Waals surface area contributed by atoms with Gasteiger partial charge in [0.25, 0.3) is 5.69 Å². The molecule has 0 spiro atoms. The van der Waals surface area contributed by atoms with E-state index in [4.69, 9.17) is 14.2 Å². The minimum Gasteiger partial charge on any atom is -0.493 e. The molecule has 144 valence electrons. The van der Waals surface area contributed by atoms with Crippen LogP contribution in [0.1, 0.15) is 18.1 Å². The maximum absolute atomic E-state index is 11.9. The van der Waals surface area contributed by atoms with E-state index in [1.165, 1.54) is 25.3 Å². The Bertz CT molecular complexity index is 929. The largest absolute Gasteiger partial charge is 0.493 e. The number of nitro benzene ring substituents is 1. The topological polar surface area (TPSA) is 112 Å². The van der Waals surface area contributed by atoms with Crippen molar-refractivity contribution in [2.45, 2.75) is 13.5 Å². The van der Waals surface area contributed by atoms with Crippen molar-refractivity contribution >= 4 is 17.7 Å².